The number of alkyl carbamates (subject to hydrolysis) is 1. The summed E-state index contributed by atoms with van der Waals surface area (Å²) in [6, 6.07) is 0.159. The van der Waals surface area contributed by atoms with Gasteiger partial charge in [-0.05, 0) is 84.5 Å². The number of carbonyl (C=O) groups is 5. The number of carbonyl (C=O) groups excluding carboxylic acids is 5. The van der Waals surface area contributed by atoms with E-state index in [1.807, 2.05) is 20.8 Å². The Bertz CT molecular complexity index is 1270. The predicted molar refractivity (Wildman–Crippen MR) is 271 cm³/mol. The lowest BCUT2D eigenvalue weighted by molar-refractivity contribution is -0.145. The molecule has 68 heavy (non-hydrogen) atoms. The Hall–Kier alpha value is -2.74. The van der Waals surface area contributed by atoms with E-state index in [2.05, 4.69) is 60.1 Å². The summed E-state index contributed by atoms with van der Waals surface area (Å²) in [4.78, 5) is 63.1. The summed E-state index contributed by atoms with van der Waals surface area (Å²) in [6.45, 7) is 28.0. The van der Waals surface area contributed by atoms with Crippen LogP contribution in [0, 0.1) is 0 Å². The van der Waals surface area contributed by atoms with Crippen LogP contribution in [0.4, 0.5) is 4.79 Å². The molecule has 0 bridgehead atoms. The number of esters is 2. The van der Waals surface area contributed by atoms with Crippen LogP contribution in [-0.4, -0.2) is 187 Å². The molecule has 0 rings (SSSR count). The Labute approximate surface area is 411 Å². The lowest BCUT2D eigenvalue weighted by Crippen LogP contribution is -2.35. The zero-order chi connectivity index (χ0) is 51.1. The number of hydrogen-bond acceptors (Lipinski definition) is 16. The molecular weight excluding hydrogens is 913 g/mol. The van der Waals surface area contributed by atoms with Gasteiger partial charge >= 0.3 is 18.0 Å². The van der Waals surface area contributed by atoms with Crippen LogP contribution in [0.25, 0.3) is 0 Å². The van der Waals surface area contributed by atoms with E-state index in [0.717, 1.165) is 70.2 Å². The van der Waals surface area contributed by atoms with Crippen molar-refractivity contribution < 1.29 is 61.9 Å². The first kappa shape index (κ1) is 65.3. The lowest BCUT2D eigenvalue weighted by Gasteiger charge is -2.22. The van der Waals surface area contributed by atoms with Crippen molar-refractivity contribution >= 4 is 46.0 Å². The summed E-state index contributed by atoms with van der Waals surface area (Å²) in [5.41, 5.74) is 11.4. The fourth-order valence-electron chi connectivity index (χ4n) is 5.90. The molecule has 0 aromatic rings. The minimum atomic E-state index is -1.31. The molecule has 0 aromatic heterocycles. The molecule has 0 spiro atoms. The minimum Gasteiger partial charge on any atom is -0.465 e. The predicted octanol–water partition coefficient (Wildman–Crippen LogP) is 4.45. The van der Waals surface area contributed by atoms with Gasteiger partial charge in [0.15, 0.2) is 0 Å². The summed E-state index contributed by atoms with van der Waals surface area (Å²) in [5.74, 6) is -1.13. The average molecular weight is 1010 g/mol. The molecule has 0 aliphatic carbocycles. The Kier molecular flexibility index (Phi) is 38.3. The molecule has 19 nitrogen and oxygen atoms in total. The van der Waals surface area contributed by atoms with E-state index in [9.17, 15) is 24.0 Å². The van der Waals surface area contributed by atoms with Crippen molar-refractivity contribution in [1.29, 1.82) is 0 Å². The zero-order valence-corrected chi connectivity index (χ0v) is 45.8. The topological polar surface area (TPSA) is 251 Å². The molecule has 0 aliphatic rings. The van der Waals surface area contributed by atoms with Gasteiger partial charge in [0, 0.05) is 55.2 Å². The minimum absolute atomic E-state index is 0.119. The van der Waals surface area contributed by atoms with Crippen LogP contribution in [0.2, 0.25) is 51.4 Å². The molecule has 0 radical (unpaired) electrons. The van der Waals surface area contributed by atoms with Crippen LogP contribution in [0.5, 0.6) is 0 Å². The number of nitrogens with zero attached hydrogens (tertiary/aromatic N) is 1. The summed E-state index contributed by atoms with van der Waals surface area (Å²) in [6.07, 6.45) is 5.89. The van der Waals surface area contributed by atoms with Gasteiger partial charge in [-0.15, -0.1) is 0 Å². The monoisotopic (exact) mass is 1010 g/mol. The normalized spacial score (nSPS) is 12.9. The fraction of sp³-hybridized carbons (Fsp3) is 0.894. The molecule has 0 unspecified atom stereocenters. The molecule has 7 N–H and O–H groups in total. The van der Waals surface area contributed by atoms with Crippen molar-refractivity contribution in [2.24, 2.45) is 11.5 Å². The third-order valence-electron chi connectivity index (χ3n) is 10.1. The van der Waals surface area contributed by atoms with Crippen LogP contribution in [-0.2, 0) is 57.1 Å². The van der Waals surface area contributed by atoms with E-state index >= 15 is 0 Å². The molecule has 0 saturated carbocycles. The number of hydrogen-bond donors (Lipinski definition) is 5. The highest BCUT2D eigenvalue weighted by Gasteiger charge is 2.21. The van der Waals surface area contributed by atoms with E-state index in [1.54, 1.807) is 0 Å². The average Bonchev–Trinajstić information content (AvgIpc) is 3.24. The number of nitrogens with two attached hydrogens (primary N) is 2. The maximum absolute atomic E-state index is 12.4. The zero-order valence-electron chi connectivity index (χ0n) is 43.8. The molecule has 0 aliphatic heterocycles. The highest BCUT2D eigenvalue weighted by Crippen LogP contribution is 2.11. The smallest absolute Gasteiger partial charge is 0.407 e. The number of amides is 3. The first-order valence-electron chi connectivity index (χ1n) is 25.0. The van der Waals surface area contributed by atoms with Gasteiger partial charge in [0.05, 0.1) is 79.3 Å². The van der Waals surface area contributed by atoms with Gasteiger partial charge in [0.1, 0.15) is 17.7 Å². The fourth-order valence-corrected chi connectivity index (χ4v) is 7.32. The molecule has 3 amide bonds. The van der Waals surface area contributed by atoms with Gasteiger partial charge in [-0.1, -0.05) is 52.1 Å². The summed E-state index contributed by atoms with van der Waals surface area (Å²) < 4.78 is 43.8. The largest absolute Gasteiger partial charge is 0.465 e. The van der Waals surface area contributed by atoms with Gasteiger partial charge in [-0.3, -0.25) is 19.2 Å². The first-order valence-corrected chi connectivity index (χ1v) is 32.4. The van der Waals surface area contributed by atoms with Crippen LogP contribution in [0.15, 0.2) is 0 Å². The van der Waals surface area contributed by atoms with Gasteiger partial charge in [0.25, 0.3) is 0 Å². The molecule has 0 saturated heterocycles. The molecule has 21 heteroatoms. The van der Waals surface area contributed by atoms with Crippen molar-refractivity contribution in [3.8, 4) is 0 Å². The molecule has 2 atom stereocenters. The standard InChI is InChI=1S/C47H96N6O13Si2/c1-47(2,3)66-46(58)52-22-26-59-28-30-61-32-34-63-35-33-62-31-29-60-27-25-53(23-14-10-12-20-50-42(54)18-16-40(48)44(56)64-36-38-67(4,5)6)24-15-11-13-21-51-43(55)19-17-41(49)45(57)65-37-39-68(7,8)9/h40-41H,10-39,48-49H2,1-9H3,(H,50,54)(H,51,55)(H,52,58)/t40-,41-/m0/s1. The summed E-state index contributed by atoms with van der Waals surface area (Å²) >= 11 is 0. The quantitative estimate of drug-likeness (QED) is 0.0245. The van der Waals surface area contributed by atoms with Crippen molar-refractivity contribution in [3.63, 3.8) is 0 Å². The summed E-state index contributed by atoms with van der Waals surface area (Å²) in [5, 5.41) is 8.52. The van der Waals surface area contributed by atoms with Crippen molar-refractivity contribution in [3.05, 3.63) is 0 Å². The van der Waals surface area contributed by atoms with Gasteiger partial charge in [-0.25, -0.2) is 4.79 Å². The maximum Gasteiger partial charge on any atom is 0.407 e. The molecular formula is C47H96N6O13Si2. The van der Waals surface area contributed by atoms with E-state index in [4.69, 9.17) is 49.4 Å². The third-order valence-corrected chi connectivity index (χ3v) is 13.5. The highest BCUT2D eigenvalue weighted by molar-refractivity contribution is 6.76. The van der Waals surface area contributed by atoms with E-state index in [1.165, 1.54) is 0 Å². The third kappa shape index (κ3) is 45.7. The number of unbranched alkanes of at least 4 members (excludes halogenated alkanes) is 4. The Morgan fingerprint density at radius 2 is 0.868 bits per heavy atom. The van der Waals surface area contributed by atoms with E-state index in [-0.39, 0.29) is 37.5 Å². The second kappa shape index (κ2) is 39.9. The lowest BCUT2D eigenvalue weighted by atomic mass is 10.1. The Morgan fingerprint density at radius 3 is 1.25 bits per heavy atom. The molecule has 0 fully saturated rings. The second-order valence-electron chi connectivity index (χ2n) is 20.4. The Balaban J connectivity index is 4.39. The van der Waals surface area contributed by atoms with Crippen LogP contribution < -0.4 is 27.4 Å². The van der Waals surface area contributed by atoms with E-state index in [0.29, 0.717) is 98.9 Å². The van der Waals surface area contributed by atoms with E-state index < -0.39 is 51.9 Å². The number of ether oxygens (including phenoxy) is 8. The highest BCUT2D eigenvalue weighted by atomic mass is 28.3. The number of rotatable bonds is 44. The maximum atomic E-state index is 12.4. The second-order valence-corrected chi connectivity index (χ2v) is 31.6. The van der Waals surface area contributed by atoms with Crippen molar-refractivity contribution in [2.45, 2.75) is 154 Å². The molecule has 0 heterocycles. The van der Waals surface area contributed by atoms with Gasteiger partial charge in [-0.2, -0.15) is 0 Å². The molecule has 0 aromatic carbocycles. The van der Waals surface area contributed by atoms with Gasteiger partial charge in [0.2, 0.25) is 11.8 Å². The van der Waals surface area contributed by atoms with Crippen molar-refractivity contribution in [2.75, 3.05) is 119 Å². The first-order chi connectivity index (χ1) is 32.1. The van der Waals surface area contributed by atoms with Crippen molar-refractivity contribution in [1.82, 2.24) is 20.9 Å². The van der Waals surface area contributed by atoms with Gasteiger partial charge < -0.3 is 70.2 Å². The van der Waals surface area contributed by atoms with Crippen LogP contribution >= 0.6 is 0 Å². The number of nitrogens with one attached hydrogen (secondary N) is 3. The SMILES string of the molecule is CC(C)(C)OC(=O)NCCOCCOCCOCCOCCOCCN(CCCCCNC(=O)CC[C@H](N)C(=O)OCC[Si](C)(C)C)CCCCCNC(=O)CC[C@H](N)C(=O)OCC[Si](C)(C)C. The molecule has 400 valence electrons. The van der Waals surface area contributed by atoms with Crippen LogP contribution in [0.3, 0.4) is 0 Å². The summed E-state index contributed by atoms with van der Waals surface area (Å²) in [7, 11) is -2.62. The van der Waals surface area contributed by atoms with Crippen LogP contribution in [0.1, 0.15) is 85.0 Å². The Morgan fingerprint density at radius 1 is 0.485 bits per heavy atom.